The molecule has 0 saturated carbocycles. The first-order valence-electron chi connectivity index (χ1n) is 9.47. The van der Waals surface area contributed by atoms with E-state index in [0.29, 0.717) is 17.1 Å². The Hall–Kier alpha value is -3.40. The summed E-state index contributed by atoms with van der Waals surface area (Å²) >= 11 is 0. The van der Waals surface area contributed by atoms with Crippen LogP contribution in [0.2, 0.25) is 0 Å². The minimum atomic E-state index is -0.416. The van der Waals surface area contributed by atoms with Crippen molar-refractivity contribution in [1.82, 2.24) is 4.98 Å². The molecule has 0 atom stereocenters. The Morgan fingerprint density at radius 1 is 0.931 bits per heavy atom. The summed E-state index contributed by atoms with van der Waals surface area (Å²) < 4.78 is 11.0. The zero-order chi connectivity index (χ0) is 20.9. The molecular weight excluding hydrogens is 362 g/mol. The molecule has 3 aromatic rings. The molecule has 0 radical (unpaired) electrons. The second-order valence-electron chi connectivity index (χ2n) is 7.72. The lowest BCUT2D eigenvalue weighted by Crippen LogP contribution is -2.13. The van der Waals surface area contributed by atoms with Gasteiger partial charge in [-0.15, -0.1) is 0 Å². The van der Waals surface area contributed by atoms with Crippen molar-refractivity contribution in [1.29, 1.82) is 0 Å². The van der Waals surface area contributed by atoms with Crippen LogP contribution in [0.1, 0.15) is 48.0 Å². The largest absolute Gasteiger partial charge is 0.493 e. The lowest BCUT2D eigenvalue weighted by atomic mass is 9.87. The van der Waals surface area contributed by atoms with Crippen LogP contribution in [0.3, 0.4) is 0 Å². The maximum Gasteiger partial charge on any atom is 0.343 e. The molecule has 148 valence electrons. The van der Waals surface area contributed by atoms with Crippen molar-refractivity contribution in [2.75, 3.05) is 7.11 Å². The molecule has 0 aliphatic heterocycles. The Kier molecular flexibility index (Phi) is 6.13. The third-order valence-electron chi connectivity index (χ3n) is 4.51. The Balaban J connectivity index is 1.75. The molecule has 0 bridgehead atoms. The van der Waals surface area contributed by atoms with Crippen LogP contribution in [-0.4, -0.2) is 18.1 Å². The summed E-state index contributed by atoms with van der Waals surface area (Å²) in [6, 6.07) is 18.7. The molecule has 0 saturated heterocycles. The zero-order valence-electron chi connectivity index (χ0n) is 17.2. The number of nitrogens with zero attached hydrogens (tertiary/aromatic N) is 1. The van der Waals surface area contributed by atoms with Crippen molar-refractivity contribution in [2.24, 2.45) is 0 Å². The van der Waals surface area contributed by atoms with E-state index in [2.05, 4.69) is 25.8 Å². The van der Waals surface area contributed by atoms with E-state index in [-0.39, 0.29) is 5.41 Å². The third kappa shape index (κ3) is 5.32. The van der Waals surface area contributed by atoms with E-state index in [1.807, 2.05) is 54.6 Å². The molecule has 1 heterocycles. The second-order valence-corrected chi connectivity index (χ2v) is 7.72. The van der Waals surface area contributed by atoms with Crippen molar-refractivity contribution < 1.29 is 14.3 Å². The monoisotopic (exact) mass is 387 g/mol. The number of carbonyl (C=O) groups excluding carboxylic acids is 1. The minimum absolute atomic E-state index is 0.0320. The van der Waals surface area contributed by atoms with Gasteiger partial charge in [0.2, 0.25) is 0 Å². The Bertz CT molecular complexity index is 1000. The van der Waals surface area contributed by atoms with E-state index in [1.54, 1.807) is 31.5 Å². The van der Waals surface area contributed by atoms with Gasteiger partial charge in [0.25, 0.3) is 0 Å². The number of hydrogen-bond donors (Lipinski definition) is 0. The van der Waals surface area contributed by atoms with Crippen LogP contribution in [0, 0.1) is 0 Å². The third-order valence-corrected chi connectivity index (χ3v) is 4.51. The number of ether oxygens (including phenoxy) is 2. The van der Waals surface area contributed by atoms with Crippen molar-refractivity contribution in [3.63, 3.8) is 0 Å². The first-order valence-corrected chi connectivity index (χ1v) is 9.47. The van der Waals surface area contributed by atoms with E-state index in [9.17, 15) is 4.79 Å². The number of methoxy groups -OCH3 is 1. The van der Waals surface area contributed by atoms with E-state index in [1.165, 1.54) is 0 Å². The smallest absolute Gasteiger partial charge is 0.343 e. The molecule has 0 aliphatic rings. The number of aromatic nitrogens is 1. The quantitative estimate of drug-likeness (QED) is 0.411. The summed E-state index contributed by atoms with van der Waals surface area (Å²) in [5, 5.41) is 0. The molecule has 0 amide bonds. The number of rotatable bonds is 5. The van der Waals surface area contributed by atoms with Gasteiger partial charge in [-0.3, -0.25) is 4.98 Å². The standard InChI is InChI=1S/C25H25NO3/c1-25(2,3)20-12-10-19(11-13-20)24(27)29-22-15-9-18(17-23(22)28-4)8-14-21-7-5-6-16-26-21/h5-17H,1-4H3/b14-8+. The van der Waals surface area contributed by atoms with E-state index in [4.69, 9.17) is 9.47 Å². The van der Waals surface area contributed by atoms with Gasteiger partial charge >= 0.3 is 5.97 Å². The van der Waals surface area contributed by atoms with Crippen molar-refractivity contribution in [3.8, 4) is 11.5 Å². The number of pyridine rings is 1. The van der Waals surface area contributed by atoms with Gasteiger partial charge in [0, 0.05) is 6.20 Å². The van der Waals surface area contributed by atoms with E-state index < -0.39 is 5.97 Å². The van der Waals surface area contributed by atoms with Crippen LogP contribution in [0.15, 0.2) is 66.9 Å². The minimum Gasteiger partial charge on any atom is -0.493 e. The molecule has 29 heavy (non-hydrogen) atoms. The molecule has 0 N–H and O–H groups in total. The summed E-state index contributed by atoms with van der Waals surface area (Å²) in [7, 11) is 1.55. The maximum absolute atomic E-state index is 12.5. The highest BCUT2D eigenvalue weighted by atomic mass is 16.6. The van der Waals surface area contributed by atoms with Crippen LogP contribution in [0.5, 0.6) is 11.5 Å². The predicted molar refractivity (Wildman–Crippen MR) is 116 cm³/mol. The van der Waals surface area contributed by atoms with Crippen LogP contribution >= 0.6 is 0 Å². The fraction of sp³-hybridized carbons (Fsp3) is 0.200. The highest BCUT2D eigenvalue weighted by Crippen LogP contribution is 2.30. The van der Waals surface area contributed by atoms with Crippen LogP contribution < -0.4 is 9.47 Å². The average molecular weight is 387 g/mol. The zero-order valence-corrected chi connectivity index (χ0v) is 17.2. The van der Waals surface area contributed by atoms with Crippen molar-refractivity contribution >= 4 is 18.1 Å². The fourth-order valence-corrected chi connectivity index (χ4v) is 2.79. The first-order chi connectivity index (χ1) is 13.9. The lowest BCUT2D eigenvalue weighted by molar-refractivity contribution is 0.0729. The Labute approximate surface area is 171 Å². The summed E-state index contributed by atoms with van der Waals surface area (Å²) in [6.45, 7) is 6.40. The van der Waals surface area contributed by atoms with Gasteiger partial charge < -0.3 is 9.47 Å². The number of esters is 1. The second kappa shape index (κ2) is 8.74. The SMILES string of the molecule is COc1cc(/C=C/c2ccccn2)ccc1OC(=O)c1ccc(C(C)(C)C)cc1. The maximum atomic E-state index is 12.5. The van der Waals surface area contributed by atoms with Gasteiger partial charge in [0.1, 0.15) is 0 Å². The molecule has 0 spiro atoms. The van der Waals surface area contributed by atoms with Gasteiger partial charge in [0.05, 0.1) is 18.4 Å². The van der Waals surface area contributed by atoms with Gasteiger partial charge in [-0.1, -0.05) is 51.1 Å². The van der Waals surface area contributed by atoms with Crippen molar-refractivity contribution in [3.05, 3.63) is 89.2 Å². The number of carbonyl (C=O) groups is 1. The van der Waals surface area contributed by atoms with E-state index in [0.717, 1.165) is 16.8 Å². The Morgan fingerprint density at radius 2 is 1.69 bits per heavy atom. The summed E-state index contributed by atoms with van der Waals surface area (Å²) in [5.74, 6) is 0.459. The molecule has 3 rings (SSSR count). The highest BCUT2D eigenvalue weighted by Gasteiger charge is 2.16. The van der Waals surface area contributed by atoms with Crippen molar-refractivity contribution in [2.45, 2.75) is 26.2 Å². The molecule has 0 fully saturated rings. The summed E-state index contributed by atoms with van der Waals surface area (Å²) in [5.41, 5.74) is 3.47. The topological polar surface area (TPSA) is 48.4 Å². The molecular formula is C25H25NO3. The number of hydrogen-bond acceptors (Lipinski definition) is 4. The van der Waals surface area contributed by atoms with Gasteiger partial charge in [-0.2, -0.15) is 0 Å². The van der Waals surface area contributed by atoms with Crippen LogP contribution in [0.4, 0.5) is 0 Å². The normalized spacial score (nSPS) is 11.4. The van der Waals surface area contributed by atoms with Gasteiger partial charge in [-0.25, -0.2) is 4.79 Å². The molecule has 0 unspecified atom stereocenters. The molecule has 0 aliphatic carbocycles. The van der Waals surface area contributed by atoms with Gasteiger partial charge in [-0.05, 0) is 59.0 Å². The highest BCUT2D eigenvalue weighted by molar-refractivity contribution is 5.91. The fourth-order valence-electron chi connectivity index (χ4n) is 2.79. The molecule has 1 aromatic heterocycles. The summed E-state index contributed by atoms with van der Waals surface area (Å²) in [6.07, 6.45) is 5.59. The van der Waals surface area contributed by atoms with Gasteiger partial charge in [0.15, 0.2) is 11.5 Å². The first kappa shape index (κ1) is 20.3. The molecule has 4 nitrogen and oxygen atoms in total. The molecule has 4 heteroatoms. The van der Waals surface area contributed by atoms with Crippen LogP contribution in [-0.2, 0) is 5.41 Å². The summed E-state index contributed by atoms with van der Waals surface area (Å²) in [4.78, 5) is 16.8. The number of benzene rings is 2. The predicted octanol–water partition coefficient (Wildman–Crippen LogP) is 5.78. The average Bonchev–Trinajstić information content (AvgIpc) is 2.73. The van der Waals surface area contributed by atoms with E-state index >= 15 is 0 Å². The Morgan fingerprint density at radius 3 is 2.31 bits per heavy atom. The van der Waals surface area contributed by atoms with Crippen LogP contribution in [0.25, 0.3) is 12.2 Å². The molecule has 2 aromatic carbocycles. The lowest BCUT2D eigenvalue weighted by Gasteiger charge is -2.19.